The Bertz CT molecular complexity index is 1360. The molecule has 1 atom stereocenters. The van der Waals surface area contributed by atoms with E-state index in [1.54, 1.807) is 24.3 Å². The van der Waals surface area contributed by atoms with Crippen LogP contribution >= 0.6 is 0 Å². The largest absolute Gasteiger partial charge is 0.497 e. The zero-order valence-electron chi connectivity index (χ0n) is 22.4. The summed E-state index contributed by atoms with van der Waals surface area (Å²) in [6, 6.07) is 10.6. The molecule has 0 bridgehead atoms. The molecule has 15 nitrogen and oxygen atoms in total. The number of methoxy groups -OCH3 is 1. The van der Waals surface area contributed by atoms with Crippen LogP contribution in [0.1, 0.15) is 12.5 Å². The minimum Gasteiger partial charge on any atom is -0.497 e. The van der Waals surface area contributed by atoms with Crippen LogP contribution in [-0.2, 0) is 29.2 Å². The lowest BCUT2D eigenvalue weighted by molar-refractivity contribution is -0.139. The first kappa shape index (κ1) is 32.5. The van der Waals surface area contributed by atoms with E-state index in [0.29, 0.717) is 17.9 Å². The third-order valence-electron chi connectivity index (χ3n) is 5.67. The van der Waals surface area contributed by atoms with Gasteiger partial charge in [-0.05, 0) is 48.5 Å². The van der Waals surface area contributed by atoms with Crippen LogP contribution < -0.4 is 25.4 Å². The van der Waals surface area contributed by atoms with Gasteiger partial charge in [-0.3, -0.25) is 24.6 Å². The number of anilines is 1. The molecule has 1 aliphatic rings. The summed E-state index contributed by atoms with van der Waals surface area (Å²) >= 11 is 0. The smallest absolute Gasteiger partial charge is 0.323 e. The third kappa shape index (κ3) is 10.1. The van der Waals surface area contributed by atoms with Crippen LogP contribution in [0, 0.1) is 5.41 Å². The molecule has 0 aromatic heterocycles. The Balaban J connectivity index is 0.00000138. The molecular weight excluding hydrogens is 560 g/mol. The molecule has 1 aliphatic heterocycles. The van der Waals surface area contributed by atoms with Gasteiger partial charge in [0.2, 0.25) is 21.8 Å². The van der Waals surface area contributed by atoms with Crippen LogP contribution in [0.3, 0.4) is 0 Å². The zero-order chi connectivity index (χ0) is 30.7. The second-order valence-electron chi connectivity index (χ2n) is 8.71. The van der Waals surface area contributed by atoms with Gasteiger partial charge in [-0.25, -0.2) is 8.42 Å². The van der Waals surface area contributed by atoms with Gasteiger partial charge in [0, 0.05) is 37.8 Å². The molecule has 2 amide bonds. The number of carboxylic acids is 2. The molecule has 0 radical (unpaired) electrons. The SMILES string of the molecule is CC(=O)O.COc1ccc(S(=O)(=O)N[C@@H](CNC(=O)CN2CCN(c3ccc(C(=N)N)cc3)CC2=O)C(=O)O)cc1. The maximum atomic E-state index is 12.6. The second kappa shape index (κ2) is 14.6. The van der Waals surface area contributed by atoms with Crippen molar-refractivity contribution in [2.75, 3.05) is 44.7 Å². The fourth-order valence-electron chi connectivity index (χ4n) is 3.58. The fraction of sp³-hybridized carbons (Fsp3) is 0.320. The van der Waals surface area contributed by atoms with Crippen molar-refractivity contribution in [3.05, 3.63) is 54.1 Å². The number of carboxylic acid groups (broad SMARTS) is 2. The number of carbonyl (C=O) groups is 4. The van der Waals surface area contributed by atoms with E-state index in [-0.39, 0.29) is 36.3 Å². The maximum Gasteiger partial charge on any atom is 0.323 e. The third-order valence-corrected chi connectivity index (χ3v) is 7.15. The van der Waals surface area contributed by atoms with Crippen molar-refractivity contribution in [3.63, 3.8) is 0 Å². The summed E-state index contributed by atoms with van der Waals surface area (Å²) in [6.45, 7) is 1.02. The highest BCUT2D eigenvalue weighted by Gasteiger charge is 2.28. The second-order valence-corrected chi connectivity index (χ2v) is 10.4. The minimum absolute atomic E-state index is 0.0338. The molecule has 0 aliphatic carbocycles. The molecule has 3 rings (SSSR count). The van der Waals surface area contributed by atoms with E-state index in [1.165, 1.54) is 36.3 Å². The number of aliphatic carboxylic acids is 2. The van der Waals surface area contributed by atoms with Gasteiger partial charge in [-0.1, -0.05) is 0 Å². The first-order chi connectivity index (χ1) is 19.2. The summed E-state index contributed by atoms with van der Waals surface area (Å²) in [5, 5.41) is 26.7. The van der Waals surface area contributed by atoms with E-state index >= 15 is 0 Å². The van der Waals surface area contributed by atoms with Gasteiger partial charge >= 0.3 is 5.97 Å². The van der Waals surface area contributed by atoms with Gasteiger partial charge in [-0.2, -0.15) is 4.72 Å². The Kier molecular flexibility index (Phi) is 11.6. The Morgan fingerprint density at radius 3 is 2.15 bits per heavy atom. The summed E-state index contributed by atoms with van der Waals surface area (Å²) in [4.78, 5) is 48.6. The van der Waals surface area contributed by atoms with E-state index in [2.05, 4.69) is 10.0 Å². The molecule has 1 saturated heterocycles. The van der Waals surface area contributed by atoms with Crippen molar-refractivity contribution < 1.29 is 42.5 Å². The molecule has 16 heteroatoms. The van der Waals surface area contributed by atoms with E-state index in [9.17, 15) is 27.9 Å². The number of ether oxygens (including phenoxy) is 1. The summed E-state index contributed by atoms with van der Waals surface area (Å²) in [7, 11) is -2.76. The molecule has 0 saturated carbocycles. The number of amidine groups is 1. The lowest BCUT2D eigenvalue weighted by atomic mass is 10.1. The van der Waals surface area contributed by atoms with E-state index in [4.69, 9.17) is 25.8 Å². The van der Waals surface area contributed by atoms with Crippen LogP contribution in [0.25, 0.3) is 0 Å². The molecule has 0 spiro atoms. The molecule has 222 valence electrons. The predicted octanol–water partition coefficient (Wildman–Crippen LogP) is -0.733. The average molecular weight is 593 g/mol. The Hall–Kier alpha value is -4.70. The van der Waals surface area contributed by atoms with Gasteiger partial charge in [0.1, 0.15) is 17.6 Å². The van der Waals surface area contributed by atoms with Gasteiger partial charge in [-0.15, -0.1) is 0 Å². The van der Waals surface area contributed by atoms with Crippen molar-refractivity contribution in [2.24, 2.45) is 5.73 Å². The van der Waals surface area contributed by atoms with Gasteiger partial charge in [0.15, 0.2) is 0 Å². The molecular formula is C25H32N6O9S. The van der Waals surface area contributed by atoms with Crippen molar-refractivity contribution in [1.29, 1.82) is 5.41 Å². The minimum atomic E-state index is -4.18. The number of nitrogen functional groups attached to an aromatic ring is 1. The number of rotatable bonds is 11. The maximum absolute atomic E-state index is 12.6. The highest BCUT2D eigenvalue weighted by atomic mass is 32.2. The molecule has 41 heavy (non-hydrogen) atoms. The summed E-state index contributed by atoms with van der Waals surface area (Å²) in [5.74, 6) is -2.85. The molecule has 7 N–H and O–H groups in total. The predicted molar refractivity (Wildman–Crippen MR) is 147 cm³/mol. The zero-order valence-corrected chi connectivity index (χ0v) is 23.2. The van der Waals surface area contributed by atoms with Gasteiger partial charge < -0.3 is 35.8 Å². The van der Waals surface area contributed by atoms with Gasteiger partial charge in [0.05, 0.1) is 25.1 Å². The van der Waals surface area contributed by atoms with Crippen LogP contribution in [0.4, 0.5) is 5.69 Å². The Morgan fingerprint density at radius 1 is 1.07 bits per heavy atom. The number of carbonyl (C=O) groups excluding carboxylic acids is 2. The van der Waals surface area contributed by atoms with Crippen molar-refractivity contribution >= 4 is 45.3 Å². The Labute approximate surface area is 236 Å². The number of piperazine rings is 1. The van der Waals surface area contributed by atoms with Crippen LogP contribution in [0.15, 0.2) is 53.4 Å². The van der Waals surface area contributed by atoms with E-state index in [1.807, 2.05) is 4.90 Å². The number of sulfonamides is 1. The monoisotopic (exact) mass is 592 g/mol. The average Bonchev–Trinajstić information content (AvgIpc) is 2.91. The normalized spacial score (nSPS) is 13.9. The summed E-state index contributed by atoms with van der Waals surface area (Å²) < 4.78 is 32.1. The highest BCUT2D eigenvalue weighted by molar-refractivity contribution is 7.89. The van der Waals surface area contributed by atoms with E-state index < -0.39 is 40.5 Å². The number of nitrogens with zero attached hydrogens (tertiary/aromatic N) is 2. The molecule has 2 aromatic rings. The molecule has 0 unspecified atom stereocenters. The van der Waals surface area contributed by atoms with Gasteiger partial charge in [0.25, 0.3) is 5.97 Å². The first-order valence-electron chi connectivity index (χ1n) is 12.1. The molecule has 1 fully saturated rings. The molecule has 2 aromatic carbocycles. The number of amides is 2. The van der Waals surface area contributed by atoms with Crippen LogP contribution in [0.5, 0.6) is 5.75 Å². The fourth-order valence-corrected chi connectivity index (χ4v) is 4.77. The standard InChI is InChI=1S/C23H28N6O7S.C2H4O2/c1-36-17-6-8-18(9-7-17)37(34,35)27-19(23(32)33)12-26-20(30)13-29-11-10-28(14-21(29)31)16-4-2-15(3-5-16)22(24)25;1-2(3)4/h2-9,19,27H,10-14H2,1H3,(H3,24,25)(H,26,30)(H,32,33);1H3,(H,3,4)/t19-;/m0./s1. The quantitative estimate of drug-likeness (QED) is 0.141. The van der Waals surface area contributed by atoms with Crippen LogP contribution in [-0.4, -0.2) is 99.0 Å². The summed E-state index contributed by atoms with van der Waals surface area (Å²) in [5.41, 5.74) is 6.80. The molecule has 1 heterocycles. The Morgan fingerprint density at radius 2 is 1.66 bits per heavy atom. The first-order valence-corrected chi connectivity index (χ1v) is 13.5. The number of hydrogen-bond donors (Lipinski definition) is 6. The van der Waals surface area contributed by atoms with Crippen molar-refractivity contribution in [1.82, 2.24) is 14.9 Å². The topological polar surface area (TPSA) is 233 Å². The highest BCUT2D eigenvalue weighted by Crippen LogP contribution is 2.18. The number of nitrogens with two attached hydrogens (primary N) is 1. The lowest BCUT2D eigenvalue weighted by Crippen LogP contribution is -2.54. The number of hydrogen-bond acceptors (Lipinski definition) is 9. The van der Waals surface area contributed by atoms with Crippen molar-refractivity contribution in [3.8, 4) is 5.75 Å². The van der Waals surface area contributed by atoms with Crippen LogP contribution in [0.2, 0.25) is 0 Å². The van der Waals surface area contributed by atoms with E-state index in [0.717, 1.165) is 12.6 Å². The lowest BCUT2D eigenvalue weighted by Gasteiger charge is -2.35. The van der Waals surface area contributed by atoms with Crippen molar-refractivity contribution in [2.45, 2.75) is 17.9 Å². The number of benzene rings is 2. The summed E-state index contributed by atoms with van der Waals surface area (Å²) in [6.07, 6.45) is 0. The number of nitrogens with one attached hydrogen (secondary N) is 3.